The number of unbranched alkanes of at least 4 members (excludes halogenated alkanes) is 2. The number of hydrogen-bond acceptors (Lipinski definition) is 3. The predicted molar refractivity (Wildman–Crippen MR) is 86.0 cm³/mol. The molecule has 0 aliphatic heterocycles. The van der Waals surface area contributed by atoms with E-state index in [2.05, 4.69) is 0 Å². The van der Waals surface area contributed by atoms with Crippen LogP contribution in [0.5, 0.6) is 0 Å². The van der Waals surface area contributed by atoms with Gasteiger partial charge in [0, 0.05) is 6.42 Å². The first-order valence-electron chi connectivity index (χ1n) is 7.92. The second-order valence-corrected chi connectivity index (χ2v) is 7.36. The van der Waals surface area contributed by atoms with Crippen LogP contribution in [-0.4, -0.2) is 29.5 Å². The van der Waals surface area contributed by atoms with E-state index in [-0.39, 0.29) is 17.6 Å². The molecule has 0 aromatic carbocycles. The van der Waals surface area contributed by atoms with E-state index in [4.69, 9.17) is 4.74 Å². The molecule has 21 heavy (non-hydrogen) atoms. The van der Waals surface area contributed by atoms with Crippen molar-refractivity contribution in [3.05, 3.63) is 0 Å². The fraction of sp³-hybridized carbons (Fsp3) is 0.938. The van der Waals surface area contributed by atoms with Gasteiger partial charge in [-0.25, -0.2) is 8.78 Å². The van der Waals surface area contributed by atoms with Gasteiger partial charge in [-0.05, 0) is 37.9 Å². The number of rotatable bonds is 12. The van der Waals surface area contributed by atoms with E-state index in [1.54, 1.807) is 11.8 Å². The highest BCUT2D eigenvalue weighted by Gasteiger charge is 2.21. The maximum absolute atomic E-state index is 12.6. The minimum absolute atomic E-state index is 0.0491. The molecule has 0 amide bonds. The highest BCUT2D eigenvalue weighted by atomic mass is 32.2. The summed E-state index contributed by atoms with van der Waals surface area (Å²) in [4.78, 5) is 11.9. The molecule has 2 nitrogen and oxygen atoms in total. The van der Waals surface area contributed by atoms with Crippen LogP contribution >= 0.6 is 11.8 Å². The lowest BCUT2D eigenvalue weighted by Gasteiger charge is -2.16. The highest BCUT2D eigenvalue weighted by molar-refractivity contribution is 8.00. The molecule has 0 heterocycles. The van der Waals surface area contributed by atoms with Crippen LogP contribution in [0.2, 0.25) is 0 Å². The Morgan fingerprint density at radius 1 is 1.24 bits per heavy atom. The van der Waals surface area contributed by atoms with Crippen molar-refractivity contribution in [3.8, 4) is 0 Å². The number of carbonyl (C=O) groups is 1. The van der Waals surface area contributed by atoms with Crippen LogP contribution < -0.4 is 0 Å². The molecular weight excluding hydrogens is 294 g/mol. The lowest BCUT2D eigenvalue weighted by Crippen LogP contribution is -2.22. The van der Waals surface area contributed by atoms with E-state index >= 15 is 0 Å². The monoisotopic (exact) mass is 324 g/mol. The van der Waals surface area contributed by atoms with E-state index in [0.717, 1.165) is 38.4 Å². The standard InChI is InChI=1S/C16H30F2O2S/c1-5-9-14(15(19)20-12-13(2)3)21-11-8-6-7-10-16(4,17)18/h13-14H,5-12H2,1-4H3. The second-order valence-electron chi connectivity index (χ2n) is 6.05. The molecule has 5 heteroatoms. The first kappa shape index (κ1) is 20.7. The summed E-state index contributed by atoms with van der Waals surface area (Å²) in [5.41, 5.74) is 0. The maximum Gasteiger partial charge on any atom is 0.319 e. The van der Waals surface area contributed by atoms with Gasteiger partial charge >= 0.3 is 5.97 Å². The van der Waals surface area contributed by atoms with Crippen molar-refractivity contribution in [1.29, 1.82) is 0 Å². The Morgan fingerprint density at radius 3 is 2.43 bits per heavy atom. The smallest absolute Gasteiger partial charge is 0.319 e. The van der Waals surface area contributed by atoms with Gasteiger partial charge in [-0.1, -0.05) is 33.6 Å². The number of hydrogen-bond donors (Lipinski definition) is 0. The molecule has 0 aromatic rings. The Hall–Kier alpha value is -0.320. The van der Waals surface area contributed by atoms with Crippen LogP contribution in [0.25, 0.3) is 0 Å². The van der Waals surface area contributed by atoms with Gasteiger partial charge in [0.1, 0.15) is 5.25 Å². The van der Waals surface area contributed by atoms with Crippen LogP contribution in [0.4, 0.5) is 8.78 Å². The summed E-state index contributed by atoms with van der Waals surface area (Å²) >= 11 is 1.60. The molecule has 0 aliphatic rings. The lowest BCUT2D eigenvalue weighted by molar-refractivity contribution is -0.144. The highest BCUT2D eigenvalue weighted by Crippen LogP contribution is 2.23. The normalized spacial score (nSPS) is 13.5. The van der Waals surface area contributed by atoms with Crippen LogP contribution in [-0.2, 0) is 9.53 Å². The summed E-state index contributed by atoms with van der Waals surface area (Å²) in [7, 11) is 0. The molecule has 0 radical (unpaired) electrons. The molecular formula is C16H30F2O2S. The minimum atomic E-state index is -2.56. The Morgan fingerprint density at radius 2 is 1.90 bits per heavy atom. The SMILES string of the molecule is CCCC(SCCCCCC(C)(F)F)C(=O)OCC(C)C. The molecule has 0 aliphatic carbocycles. The van der Waals surface area contributed by atoms with Crippen molar-refractivity contribution in [3.63, 3.8) is 0 Å². The van der Waals surface area contributed by atoms with Gasteiger partial charge in [0.2, 0.25) is 5.92 Å². The summed E-state index contributed by atoms with van der Waals surface area (Å²) in [6, 6.07) is 0. The molecule has 0 saturated carbocycles. The van der Waals surface area contributed by atoms with Gasteiger partial charge in [-0.3, -0.25) is 4.79 Å². The van der Waals surface area contributed by atoms with Gasteiger partial charge in [0.05, 0.1) is 6.61 Å². The number of ether oxygens (including phenoxy) is 1. The van der Waals surface area contributed by atoms with Crippen LogP contribution in [0.3, 0.4) is 0 Å². The molecule has 0 saturated heterocycles. The molecule has 0 aromatic heterocycles. The summed E-state index contributed by atoms with van der Waals surface area (Å²) in [6.45, 7) is 7.50. The van der Waals surface area contributed by atoms with E-state index < -0.39 is 5.92 Å². The Labute approximate surface area is 132 Å². The van der Waals surface area contributed by atoms with Crippen molar-refractivity contribution in [2.24, 2.45) is 5.92 Å². The quantitative estimate of drug-likeness (QED) is 0.360. The van der Waals surface area contributed by atoms with Crippen molar-refractivity contribution in [2.45, 2.75) is 77.4 Å². The van der Waals surface area contributed by atoms with Crippen molar-refractivity contribution < 1.29 is 18.3 Å². The topological polar surface area (TPSA) is 26.3 Å². The Kier molecular flexibility index (Phi) is 11.1. The molecule has 0 N–H and O–H groups in total. The van der Waals surface area contributed by atoms with E-state index in [1.807, 2.05) is 20.8 Å². The summed E-state index contributed by atoms with van der Waals surface area (Å²) in [5.74, 6) is -1.51. The number of halogens is 2. The van der Waals surface area contributed by atoms with Crippen molar-refractivity contribution >= 4 is 17.7 Å². The zero-order valence-electron chi connectivity index (χ0n) is 13.8. The minimum Gasteiger partial charge on any atom is -0.465 e. The third kappa shape index (κ3) is 13.1. The maximum atomic E-state index is 12.6. The Bertz CT molecular complexity index is 278. The average molecular weight is 324 g/mol. The van der Waals surface area contributed by atoms with E-state index in [9.17, 15) is 13.6 Å². The Balaban J connectivity index is 3.86. The third-order valence-electron chi connectivity index (χ3n) is 2.95. The number of thioether (sulfide) groups is 1. The first-order chi connectivity index (χ1) is 9.76. The number of alkyl halides is 2. The molecule has 0 spiro atoms. The molecule has 1 atom stereocenters. The predicted octanol–water partition coefficient (Wildman–Crippen LogP) is 5.30. The third-order valence-corrected chi connectivity index (χ3v) is 4.31. The fourth-order valence-corrected chi connectivity index (χ4v) is 3.07. The fourth-order valence-electron chi connectivity index (χ4n) is 1.81. The van der Waals surface area contributed by atoms with Crippen LogP contribution in [0.15, 0.2) is 0 Å². The first-order valence-corrected chi connectivity index (χ1v) is 8.97. The van der Waals surface area contributed by atoms with Crippen molar-refractivity contribution in [1.82, 2.24) is 0 Å². The average Bonchev–Trinajstić information content (AvgIpc) is 2.37. The van der Waals surface area contributed by atoms with E-state index in [1.165, 1.54) is 0 Å². The molecule has 0 rings (SSSR count). The number of esters is 1. The van der Waals surface area contributed by atoms with Gasteiger partial charge in [0.25, 0.3) is 0 Å². The second kappa shape index (κ2) is 11.3. The van der Waals surface area contributed by atoms with Crippen molar-refractivity contribution in [2.75, 3.05) is 12.4 Å². The van der Waals surface area contributed by atoms with Gasteiger partial charge in [-0.2, -0.15) is 0 Å². The van der Waals surface area contributed by atoms with Crippen LogP contribution in [0, 0.1) is 5.92 Å². The van der Waals surface area contributed by atoms with Crippen LogP contribution in [0.1, 0.15) is 66.2 Å². The molecule has 126 valence electrons. The van der Waals surface area contributed by atoms with E-state index in [0.29, 0.717) is 18.9 Å². The van der Waals surface area contributed by atoms with Gasteiger partial charge < -0.3 is 4.74 Å². The largest absolute Gasteiger partial charge is 0.465 e. The lowest BCUT2D eigenvalue weighted by atomic mass is 10.1. The van der Waals surface area contributed by atoms with Gasteiger partial charge in [-0.15, -0.1) is 11.8 Å². The molecule has 0 bridgehead atoms. The summed E-state index contributed by atoms with van der Waals surface area (Å²) < 4.78 is 30.6. The number of carbonyl (C=O) groups excluding carboxylic acids is 1. The molecule has 1 unspecified atom stereocenters. The summed E-state index contributed by atoms with van der Waals surface area (Å²) in [6.07, 6.45) is 3.91. The zero-order valence-corrected chi connectivity index (χ0v) is 14.6. The zero-order chi connectivity index (χ0) is 16.3. The van der Waals surface area contributed by atoms with Gasteiger partial charge in [0.15, 0.2) is 0 Å². The summed E-state index contributed by atoms with van der Waals surface area (Å²) in [5, 5.41) is -0.110. The molecule has 0 fully saturated rings.